The molecule has 0 saturated heterocycles. The van der Waals surface area contributed by atoms with Crippen LogP contribution in [0.3, 0.4) is 0 Å². The van der Waals surface area contributed by atoms with Crippen molar-refractivity contribution in [2.45, 2.75) is 53.0 Å². The summed E-state index contributed by atoms with van der Waals surface area (Å²) in [4.78, 5) is 0. The zero-order valence-corrected chi connectivity index (χ0v) is 15.9. The van der Waals surface area contributed by atoms with Crippen molar-refractivity contribution in [3.05, 3.63) is 28.2 Å². The highest BCUT2D eigenvalue weighted by Crippen LogP contribution is 2.27. The van der Waals surface area contributed by atoms with Crippen LogP contribution in [0.5, 0.6) is 5.75 Å². The topological polar surface area (TPSA) is 21.3 Å². The summed E-state index contributed by atoms with van der Waals surface area (Å²) in [6.45, 7) is 12.3. The number of rotatable bonds is 7. The smallest absolute Gasteiger partial charge is 0.133 e. The molecular formula is C18H30BrNO. The third-order valence-corrected chi connectivity index (χ3v) is 4.09. The summed E-state index contributed by atoms with van der Waals surface area (Å²) in [6, 6.07) is 6.40. The molecule has 0 bridgehead atoms. The highest BCUT2D eigenvalue weighted by Gasteiger charge is 2.16. The molecule has 21 heavy (non-hydrogen) atoms. The zero-order valence-electron chi connectivity index (χ0n) is 14.3. The number of methoxy groups -OCH3 is 1. The Morgan fingerprint density at radius 2 is 1.90 bits per heavy atom. The van der Waals surface area contributed by atoms with E-state index in [0.717, 1.165) is 29.1 Å². The van der Waals surface area contributed by atoms with Crippen LogP contribution < -0.4 is 10.1 Å². The number of hydrogen-bond acceptors (Lipinski definition) is 2. The average molecular weight is 356 g/mol. The lowest BCUT2D eigenvalue weighted by Gasteiger charge is -2.26. The third-order valence-electron chi connectivity index (χ3n) is 3.47. The summed E-state index contributed by atoms with van der Waals surface area (Å²) in [6.07, 6.45) is 2.34. The van der Waals surface area contributed by atoms with E-state index in [4.69, 9.17) is 4.74 Å². The first-order valence-corrected chi connectivity index (χ1v) is 8.58. The second-order valence-electron chi connectivity index (χ2n) is 7.30. The molecule has 0 radical (unpaired) electrons. The Morgan fingerprint density at radius 3 is 2.38 bits per heavy atom. The predicted octanol–water partition coefficient (Wildman–Crippen LogP) is 5.05. The van der Waals surface area contributed by atoms with Crippen molar-refractivity contribution >= 4 is 15.9 Å². The molecule has 2 nitrogen and oxygen atoms in total. The van der Waals surface area contributed by atoms with E-state index in [1.807, 2.05) is 6.07 Å². The lowest BCUT2D eigenvalue weighted by Crippen LogP contribution is -2.39. The minimum Gasteiger partial charge on any atom is -0.496 e. The summed E-state index contributed by atoms with van der Waals surface area (Å²) < 4.78 is 6.34. The molecule has 0 saturated carbocycles. The van der Waals surface area contributed by atoms with E-state index in [0.29, 0.717) is 5.92 Å². The summed E-state index contributed by atoms with van der Waals surface area (Å²) in [5, 5.41) is 3.65. The summed E-state index contributed by atoms with van der Waals surface area (Å²) in [5.74, 6) is 2.27. The van der Waals surface area contributed by atoms with Crippen LogP contribution in [0.2, 0.25) is 0 Å². The zero-order chi connectivity index (χ0) is 16.0. The first kappa shape index (κ1) is 18.5. The van der Waals surface area contributed by atoms with Crippen LogP contribution in [0.15, 0.2) is 22.7 Å². The second-order valence-corrected chi connectivity index (χ2v) is 8.15. The molecule has 0 spiro atoms. The van der Waals surface area contributed by atoms with Crippen molar-refractivity contribution in [3.8, 4) is 5.75 Å². The first-order valence-electron chi connectivity index (χ1n) is 7.78. The van der Waals surface area contributed by atoms with Gasteiger partial charge in [-0.05, 0) is 85.6 Å². The summed E-state index contributed by atoms with van der Waals surface area (Å²) >= 11 is 3.58. The molecule has 1 unspecified atom stereocenters. The minimum atomic E-state index is 0.176. The van der Waals surface area contributed by atoms with Gasteiger partial charge in [-0.25, -0.2) is 0 Å². The van der Waals surface area contributed by atoms with Gasteiger partial charge in [0.05, 0.1) is 11.6 Å². The molecule has 0 heterocycles. The predicted molar refractivity (Wildman–Crippen MR) is 95.1 cm³/mol. The van der Waals surface area contributed by atoms with E-state index in [-0.39, 0.29) is 5.54 Å². The van der Waals surface area contributed by atoms with E-state index >= 15 is 0 Å². The van der Waals surface area contributed by atoms with Gasteiger partial charge >= 0.3 is 0 Å². The van der Waals surface area contributed by atoms with E-state index in [9.17, 15) is 0 Å². The molecule has 120 valence electrons. The number of halogens is 1. The van der Waals surface area contributed by atoms with E-state index < -0.39 is 0 Å². The number of hydrogen-bond donors (Lipinski definition) is 1. The summed E-state index contributed by atoms with van der Waals surface area (Å²) in [7, 11) is 1.70. The van der Waals surface area contributed by atoms with Crippen LogP contribution in [-0.4, -0.2) is 19.2 Å². The summed E-state index contributed by atoms with van der Waals surface area (Å²) in [5.41, 5.74) is 1.54. The Labute approximate surface area is 138 Å². The Hall–Kier alpha value is -0.540. The van der Waals surface area contributed by atoms with Crippen LogP contribution in [0.4, 0.5) is 0 Å². The molecule has 1 aromatic rings. The molecule has 0 aliphatic rings. The molecule has 0 amide bonds. The standard InChI is InChI=1S/C18H30BrNO/c1-13(2)9-15(12-20-18(3,4)5)10-14-7-8-17(21-6)16(19)11-14/h7-8,11,13,15,20H,9-10,12H2,1-6H3. The Bertz CT molecular complexity index is 437. The largest absolute Gasteiger partial charge is 0.496 e. The van der Waals surface area contributed by atoms with E-state index in [1.54, 1.807) is 7.11 Å². The van der Waals surface area contributed by atoms with Crippen LogP contribution in [0.1, 0.15) is 46.6 Å². The lowest BCUT2D eigenvalue weighted by molar-refractivity contribution is 0.331. The molecule has 1 aromatic carbocycles. The van der Waals surface area contributed by atoms with Gasteiger partial charge in [0.25, 0.3) is 0 Å². The number of ether oxygens (including phenoxy) is 1. The van der Waals surface area contributed by atoms with Crippen molar-refractivity contribution in [2.24, 2.45) is 11.8 Å². The SMILES string of the molecule is COc1ccc(CC(CNC(C)(C)C)CC(C)C)cc1Br. The molecule has 0 aromatic heterocycles. The molecule has 1 N–H and O–H groups in total. The van der Waals surface area contributed by atoms with Crippen LogP contribution in [0.25, 0.3) is 0 Å². The van der Waals surface area contributed by atoms with Crippen molar-refractivity contribution < 1.29 is 4.74 Å². The van der Waals surface area contributed by atoms with Crippen molar-refractivity contribution in [3.63, 3.8) is 0 Å². The normalized spacial score (nSPS) is 13.5. The molecular weight excluding hydrogens is 326 g/mol. The molecule has 0 aliphatic carbocycles. The Balaban J connectivity index is 2.73. The molecule has 3 heteroatoms. The van der Waals surface area contributed by atoms with Gasteiger partial charge in [0, 0.05) is 5.54 Å². The van der Waals surface area contributed by atoms with Crippen LogP contribution in [-0.2, 0) is 6.42 Å². The highest BCUT2D eigenvalue weighted by atomic mass is 79.9. The Kier molecular flexibility index (Phi) is 7.22. The quantitative estimate of drug-likeness (QED) is 0.738. The molecule has 1 rings (SSSR count). The maximum absolute atomic E-state index is 5.30. The van der Waals surface area contributed by atoms with E-state index in [1.165, 1.54) is 12.0 Å². The van der Waals surface area contributed by atoms with Gasteiger partial charge in [0.2, 0.25) is 0 Å². The van der Waals surface area contributed by atoms with Crippen molar-refractivity contribution in [1.82, 2.24) is 5.32 Å². The lowest BCUT2D eigenvalue weighted by atomic mass is 9.90. The fourth-order valence-electron chi connectivity index (χ4n) is 2.53. The molecule has 0 fully saturated rings. The van der Waals surface area contributed by atoms with Crippen molar-refractivity contribution in [2.75, 3.05) is 13.7 Å². The van der Waals surface area contributed by atoms with E-state index in [2.05, 4.69) is 68.0 Å². The first-order chi connectivity index (χ1) is 9.71. The van der Waals surface area contributed by atoms with Gasteiger partial charge in [-0.1, -0.05) is 19.9 Å². The minimum absolute atomic E-state index is 0.176. The third kappa shape index (κ3) is 7.32. The monoisotopic (exact) mass is 355 g/mol. The number of nitrogens with one attached hydrogen (secondary N) is 1. The number of benzene rings is 1. The van der Waals surface area contributed by atoms with Gasteiger partial charge in [-0.15, -0.1) is 0 Å². The fourth-order valence-corrected chi connectivity index (χ4v) is 3.11. The fraction of sp³-hybridized carbons (Fsp3) is 0.667. The van der Waals surface area contributed by atoms with Crippen LogP contribution in [0, 0.1) is 11.8 Å². The maximum Gasteiger partial charge on any atom is 0.133 e. The molecule has 0 aliphatic heterocycles. The van der Waals surface area contributed by atoms with Gasteiger partial charge in [0.1, 0.15) is 5.75 Å². The van der Waals surface area contributed by atoms with Crippen molar-refractivity contribution in [1.29, 1.82) is 0 Å². The van der Waals surface area contributed by atoms with Gasteiger partial charge in [-0.2, -0.15) is 0 Å². The van der Waals surface area contributed by atoms with Gasteiger partial charge in [-0.3, -0.25) is 0 Å². The maximum atomic E-state index is 5.30. The molecule has 1 atom stereocenters. The Morgan fingerprint density at radius 1 is 1.24 bits per heavy atom. The van der Waals surface area contributed by atoms with Gasteiger partial charge < -0.3 is 10.1 Å². The van der Waals surface area contributed by atoms with Crippen LogP contribution >= 0.6 is 15.9 Å². The van der Waals surface area contributed by atoms with Gasteiger partial charge in [0.15, 0.2) is 0 Å². The average Bonchev–Trinajstić information content (AvgIpc) is 2.35. The highest BCUT2D eigenvalue weighted by molar-refractivity contribution is 9.10. The second kappa shape index (κ2) is 8.19.